The zero-order valence-electron chi connectivity index (χ0n) is 8.97. The van der Waals surface area contributed by atoms with E-state index in [1.165, 1.54) is 0 Å². The number of nitrogens with one attached hydrogen (secondary N) is 1. The van der Waals surface area contributed by atoms with Crippen molar-refractivity contribution in [1.82, 2.24) is 10.3 Å². The maximum atomic E-state index is 5.09. The van der Waals surface area contributed by atoms with Gasteiger partial charge in [-0.25, -0.2) is 5.01 Å². The van der Waals surface area contributed by atoms with Gasteiger partial charge < -0.3 is 5.32 Å². The summed E-state index contributed by atoms with van der Waals surface area (Å²) in [6.07, 6.45) is 1.80. The van der Waals surface area contributed by atoms with Crippen LogP contribution in [0.3, 0.4) is 0 Å². The molecule has 0 spiro atoms. The second kappa shape index (κ2) is 6.14. The van der Waals surface area contributed by atoms with Gasteiger partial charge in [-0.1, -0.05) is 30.3 Å². The molecule has 15 heavy (non-hydrogen) atoms. The maximum absolute atomic E-state index is 5.09. The van der Waals surface area contributed by atoms with Gasteiger partial charge in [0.1, 0.15) is 0 Å². The van der Waals surface area contributed by atoms with E-state index in [0.29, 0.717) is 5.11 Å². The predicted octanol–water partition coefficient (Wildman–Crippen LogP) is 1.85. The van der Waals surface area contributed by atoms with Crippen LogP contribution in [0.25, 0.3) is 0 Å². The number of hydrogen-bond acceptors (Lipinski definition) is 2. The third-order valence-corrected chi connectivity index (χ3v) is 2.31. The Kier molecular flexibility index (Phi) is 4.77. The molecule has 4 heteroatoms. The van der Waals surface area contributed by atoms with Crippen molar-refractivity contribution < 1.29 is 0 Å². The van der Waals surface area contributed by atoms with E-state index < -0.39 is 0 Å². The molecule has 0 heterocycles. The van der Waals surface area contributed by atoms with Crippen LogP contribution in [0.5, 0.6) is 0 Å². The Balaban J connectivity index is 2.67. The third-order valence-electron chi connectivity index (χ3n) is 1.89. The highest BCUT2D eigenvalue weighted by Gasteiger charge is 2.01. The summed E-state index contributed by atoms with van der Waals surface area (Å²) in [6.45, 7) is 2.76. The van der Waals surface area contributed by atoms with E-state index in [0.717, 1.165) is 12.1 Å². The Bertz CT molecular complexity index is 335. The molecule has 3 nitrogen and oxygen atoms in total. The van der Waals surface area contributed by atoms with Gasteiger partial charge >= 0.3 is 0 Å². The largest absolute Gasteiger partial charge is 0.364 e. The van der Waals surface area contributed by atoms with Crippen LogP contribution in [0.1, 0.15) is 12.5 Å². The molecule has 0 saturated heterocycles. The summed E-state index contributed by atoms with van der Waals surface area (Å²) in [5.74, 6) is 0. The first-order valence-corrected chi connectivity index (χ1v) is 5.27. The summed E-state index contributed by atoms with van der Waals surface area (Å²) in [5.41, 5.74) is 1.06. The van der Waals surface area contributed by atoms with Crippen molar-refractivity contribution in [1.29, 1.82) is 0 Å². The lowest BCUT2D eigenvalue weighted by atomic mass is 10.2. The van der Waals surface area contributed by atoms with Crippen LogP contribution in [0.15, 0.2) is 35.4 Å². The zero-order chi connectivity index (χ0) is 11.1. The fourth-order valence-corrected chi connectivity index (χ4v) is 1.26. The van der Waals surface area contributed by atoms with Crippen LogP contribution < -0.4 is 5.32 Å². The second-order valence-corrected chi connectivity index (χ2v) is 3.31. The quantitative estimate of drug-likeness (QED) is 0.479. The monoisotopic (exact) mass is 221 g/mol. The summed E-state index contributed by atoms with van der Waals surface area (Å²) < 4.78 is 0. The zero-order valence-corrected chi connectivity index (χ0v) is 9.79. The van der Waals surface area contributed by atoms with E-state index in [-0.39, 0.29) is 0 Å². The van der Waals surface area contributed by atoms with Crippen molar-refractivity contribution in [3.63, 3.8) is 0 Å². The minimum absolute atomic E-state index is 0.629. The highest BCUT2D eigenvalue weighted by atomic mass is 32.1. The van der Waals surface area contributed by atoms with E-state index in [4.69, 9.17) is 12.2 Å². The second-order valence-electron chi connectivity index (χ2n) is 2.93. The molecule has 1 rings (SSSR count). The molecule has 0 aliphatic rings. The first-order chi connectivity index (χ1) is 7.27. The molecule has 0 aliphatic carbocycles. The number of nitrogens with zero attached hydrogens (tertiary/aromatic N) is 2. The molecule has 0 fully saturated rings. The van der Waals surface area contributed by atoms with Crippen LogP contribution in [0.2, 0.25) is 0 Å². The lowest BCUT2D eigenvalue weighted by molar-refractivity contribution is 0.468. The van der Waals surface area contributed by atoms with Crippen LogP contribution in [-0.2, 0) is 0 Å². The molecular weight excluding hydrogens is 206 g/mol. The lowest BCUT2D eigenvalue weighted by Crippen LogP contribution is -2.33. The van der Waals surface area contributed by atoms with Gasteiger partial charge in [0.2, 0.25) is 0 Å². The van der Waals surface area contributed by atoms with E-state index in [2.05, 4.69) is 10.4 Å². The number of thiocarbonyl (C=S) groups is 1. The molecular formula is C11H15N3S. The summed E-state index contributed by atoms with van der Waals surface area (Å²) in [7, 11) is 1.79. The van der Waals surface area contributed by atoms with Crippen molar-refractivity contribution in [2.75, 3.05) is 13.6 Å². The van der Waals surface area contributed by atoms with E-state index in [1.54, 1.807) is 18.3 Å². The van der Waals surface area contributed by atoms with Crippen LogP contribution >= 0.6 is 12.2 Å². The molecule has 0 saturated carbocycles. The van der Waals surface area contributed by atoms with Gasteiger partial charge in [-0.3, -0.25) is 0 Å². The Labute approximate surface area is 95.8 Å². The SMILES string of the molecule is CCN(/N=C\c1ccccc1)C(=S)NC. The first-order valence-electron chi connectivity index (χ1n) is 4.86. The summed E-state index contributed by atoms with van der Waals surface area (Å²) in [6, 6.07) is 9.94. The third kappa shape index (κ3) is 3.67. The average Bonchev–Trinajstić information content (AvgIpc) is 2.31. The highest BCUT2D eigenvalue weighted by molar-refractivity contribution is 7.80. The van der Waals surface area contributed by atoms with Gasteiger partial charge in [-0.15, -0.1) is 0 Å². The maximum Gasteiger partial charge on any atom is 0.189 e. The number of rotatable bonds is 3. The van der Waals surface area contributed by atoms with E-state index in [1.807, 2.05) is 37.3 Å². The van der Waals surface area contributed by atoms with Crippen molar-refractivity contribution >= 4 is 23.5 Å². The Morgan fingerprint density at radius 1 is 1.47 bits per heavy atom. The van der Waals surface area contributed by atoms with Crippen molar-refractivity contribution in [3.8, 4) is 0 Å². The average molecular weight is 221 g/mol. The molecule has 1 aromatic rings. The number of hydrazone groups is 1. The van der Waals surface area contributed by atoms with Gasteiger partial charge in [-0.2, -0.15) is 5.10 Å². The number of hydrogen-bond donors (Lipinski definition) is 1. The molecule has 0 bridgehead atoms. The van der Waals surface area contributed by atoms with Crippen molar-refractivity contribution in [3.05, 3.63) is 35.9 Å². The van der Waals surface area contributed by atoms with Gasteiger partial charge in [0.15, 0.2) is 5.11 Å². The molecule has 0 atom stereocenters. The fraction of sp³-hybridized carbons (Fsp3) is 0.273. The Morgan fingerprint density at radius 3 is 2.67 bits per heavy atom. The molecule has 0 aromatic heterocycles. The summed E-state index contributed by atoms with van der Waals surface area (Å²) in [5, 5.41) is 9.55. The van der Waals surface area contributed by atoms with Gasteiger partial charge in [0.05, 0.1) is 6.21 Å². The Hall–Kier alpha value is -1.42. The van der Waals surface area contributed by atoms with Crippen LogP contribution in [0.4, 0.5) is 0 Å². The minimum atomic E-state index is 0.629. The number of benzene rings is 1. The summed E-state index contributed by atoms with van der Waals surface area (Å²) in [4.78, 5) is 0. The first kappa shape index (κ1) is 11.7. The fourth-order valence-electron chi connectivity index (χ4n) is 1.08. The van der Waals surface area contributed by atoms with Gasteiger partial charge in [0, 0.05) is 13.6 Å². The molecule has 0 amide bonds. The topological polar surface area (TPSA) is 27.6 Å². The molecule has 1 aromatic carbocycles. The standard InChI is InChI=1S/C11H15N3S/c1-3-14(11(15)12-2)13-9-10-7-5-4-6-8-10/h4-9H,3H2,1-2H3,(H,12,15)/b13-9-. The smallest absolute Gasteiger partial charge is 0.189 e. The van der Waals surface area contributed by atoms with E-state index >= 15 is 0 Å². The van der Waals surface area contributed by atoms with Crippen molar-refractivity contribution in [2.24, 2.45) is 5.10 Å². The minimum Gasteiger partial charge on any atom is -0.364 e. The molecule has 0 unspecified atom stereocenters. The highest BCUT2D eigenvalue weighted by Crippen LogP contribution is 1.96. The van der Waals surface area contributed by atoms with Gasteiger partial charge in [-0.05, 0) is 24.7 Å². The predicted molar refractivity (Wildman–Crippen MR) is 68.1 cm³/mol. The Morgan fingerprint density at radius 2 is 2.13 bits per heavy atom. The van der Waals surface area contributed by atoms with Crippen LogP contribution in [0, 0.1) is 0 Å². The van der Waals surface area contributed by atoms with Crippen LogP contribution in [-0.4, -0.2) is 29.9 Å². The molecule has 0 aliphatic heterocycles. The van der Waals surface area contributed by atoms with Gasteiger partial charge in [0.25, 0.3) is 0 Å². The summed E-state index contributed by atoms with van der Waals surface area (Å²) >= 11 is 5.09. The molecule has 1 N–H and O–H groups in total. The lowest BCUT2D eigenvalue weighted by Gasteiger charge is -2.16. The molecule has 0 radical (unpaired) electrons. The molecule has 80 valence electrons. The van der Waals surface area contributed by atoms with E-state index in [9.17, 15) is 0 Å². The van der Waals surface area contributed by atoms with Crippen molar-refractivity contribution in [2.45, 2.75) is 6.92 Å². The normalized spacial score (nSPS) is 10.3.